The van der Waals surface area contributed by atoms with E-state index in [1.54, 1.807) is 18.2 Å². The second-order valence-corrected chi connectivity index (χ2v) is 5.17. The Morgan fingerprint density at radius 2 is 2.04 bits per heavy atom. The standard InChI is InChI=1S/C16H17N3O4/c1-19(2)15-8-7-11(22-15)9-17-18-16(20)14-10-21-12-5-3-4-6-13(12)23-14/h3-9,14H,10H2,1-2H3,(H,18,20)/b17-9-/t14-/m0/s1. The van der Waals surface area contributed by atoms with Crippen molar-refractivity contribution in [2.45, 2.75) is 6.10 Å². The molecule has 23 heavy (non-hydrogen) atoms. The Morgan fingerprint density at radius 3 is 2.78 bits per heavy atom. The minimum atomic E-state index is -0.740. The van der Waals surface area contributed by atoms with Gasteiger partial charge in [-0.2, -0.15) is 5.10 Å². The van der Waals surface area contributed by atoms with Crippen LogP contribution >= 0.6 is 0 Å². The number of carbonyl (C=O) groups excluding carboxylic acids is 1. The quantitative estimate of drug-likeness (QED) is 0.685. The number of fused-ring (bicyclic) bond motifs is 1. The average molecular weight is 315 g/mol. The van der Waals surface area contributed by atoms with E-state index in [0.717, 1.165) is 0 Å². The number of furan rings is 1. The highest BCUT2D eigenvalue weighted by molar-refractivity contribution is 5.84. The van der Waals surface area contributed by atoms with Gasteiger partial charge in [-0.1, -0.05) is 12.1 Å². The van der Waals surface area contributed by atoms with Crippen molar-refractivity contribution in [1.29, 1.82) is 0 Å². The largest absolute Gasteiger partial charge is 0.485 e. The maximum absolute atomic E-state index is 12.0. The summed E-state index contributed by atoms with van der Waals surface area (Å²) in [4.78, 5) is 13.9. The van der Waals surface area contributed by atoms with Crippen molar-refractivity contribution in [2.75, 3.05) is 25.6 Å². The topological polar surface area (TPSA) is 76.3 Å². The molecule has 0 saturated carbocycles. The van der Waals surface area contributed by atoms with Crippen molar-refractivity contribution >= 4 is 18.0 Å². The second kappa shape index (κ2) is 6.43. The predicted octanol–water partition coefficient (Wildman–Crippen LogP) is 1.64. The summed E-state index contributed by atoms with van der Waals surface area (Å²) in [6.45, 7) is 0.143. The van der Waals surface area contributed by atoms with Crippen LogP contribution in [0, 0.1) is 0 Å². The van der Waals surface area contributed by atoms with Crippen LogP contribution in [0.1, 0.15) is 5.76 Å². The van der Waals surface area contributed by atoms with Gasteiger partial charge in [-0.15, -0.1) is 0 Å². The van der Waals surface area contributed by atoms with E-state index in [1.807, 2.05) is 37.2 Å². The lowest BCUT2D eigenvalue weighted by Gasteiger charge is -2.24. The third-order valence-corrected chi connectivity index (χ3v) is 3.22. The monoisotopic (exact) mass is 315 g/mol. The van der Waals surface area contributed by atoms with E-state index in [-0.39, 0.29) is 12.5 Å². The number of benzene rings is 1. The molecule has 1 aromatic carbocycles. The van der Waals surface area contributed by atoms with E-state index in [4.69, 9.17) is 13.9 Å². The normalized spacial score (nSPS) is 16.3. The molecule has 0 radical (unpaired) electrons. The highest BCUT2D eigenvalue weighted by Gasteiger charge is 2.26. The fourth-order valence-electron chi connectivity index (χ4n) is 2.03. The van der Waals surface area contributed by atoms with Crippen molar-refractivity contribution in [1.82, 2.24) is 5.43 Å². The second-order valence-electron chi connectivity index (χ2n) is 5.17. The lowest BCUT2D eigenvalue weighted by atomic mass is 10.2. The Kier molecular flexibility index (Phi) is 4.18. The molecule has 2 aromatic rings. The summed E-state index contributed by atoms with van der Waals surface area (Å²) in [5, 5.41) is 3.87. The number of hydrogen-bond acceptors (Lipinski definition) is 6. The predicted molar refractivity (Wildman–Crippen MR) is 85.1 cm³/mol. The lowest BCUT2D eigenvalue weighted by Crippen LogP contribution is -2.42. The van der Waals surface area contributed by atoms with Crippen LogP contribution in [-0.2, 0) is 4.79 Å². The Hall–Kier alpha value is -2.96. The van der Waals surface area contributed by atoms with Crippen molar-refractivity contribution in [3.05, 3.63) is 42.2 Å². The van der Waals surface area contributed by atoms with Crippen LogP contribution < -0.4 is 19.8 Å². The molecule has 7 heteroatoms. The first-order valence-electron chi connectivity index (χ1n) is 7.12. The van der Waals surface area contributed by atoms with E-state index < -0.39 is 6.10 Å². The molecule has 1 N–H and O–H groups in total. The molecule has 0 aliphatic carbocycles. The van der Waals surface area contributed by atoms with Gasteiger partial charge in [-0.25, -0.2) is 5.43 Å². The summed E-state index contributed by atoms with van der Waals surface area (Å²) in [5.41, 5.74) is 2.42. The summed E-state index contributed by atoms with van der Waals surface area (Å²) in [6.07, 6.45) is 0.693. The molecule has 0 fully saturated rings. The number of nitrogens with zero attached hydrogens (tertiary/aromatic N) is 2. The van der Waals surface area contributed by atoms with Crippen LogP contribution in [0.25, 0.3) is 0 Å². The molecule has 0 bridgehead atoms. The number of hydrazone groups is 1. The molecule has 0 unspecified atom stereocenters. The van der Waals surface area contributed by atoms with Crippen LogP contribution in [0.5, 0.6) is 11.5 Å². The zero-order valence-electron chi connectivity index (χ0n) is 12.9. The number of rotatable bonds is 4. The van der Waals surface area contributed by atoms with Gasteiger partial charge < -0.3 is 18.8 Å². The molecule has 1 aliphatic rings. The fourth-order valence-corrected chi connectivity index (χ4v) is 2.03. The van der Waals surface area contributed by atoms with Gasteiger partial charge in [0.25, 0.3) is 5.91 Å². The molecule has 1 aliphatic heterocycles. The molecule has 7 nitrogen and oxygen atoms in total. The Balaban J connectivity index is 1.56. The Labute approximate surface area is 133 Å². The number of ether oxygens (including phenoxy) is 2. The van der Waals surface area contributed by atoms with Gasteiger partial charge in [0, 0.05) is 20.2 Å². The van der Waals surface area contributed by atoms with Gasteiger partial charge in [0.05, 0.1) is 6.21 Å². The molecule has 2 heterocycles. The van der Waals surface area contributed by atoms with Gasteiger partial charge in [0.2, 0.25) is 6.10 Å². The Morgan fingerprint density at radius 1 is 1.26 bits per heavy atom. The average Bonchev–Trinajstić information content (AvgIpc) is 3.03. The van der Waals surface area contributed by atoms with Gasteiger partial charge in [-0.3, -0.25) is 4.79 Å². The van der Waals surface area contributed by atoms with E-state index in [0.29, 0.717) is 23.1 Å². The van der Waals surface area contributed by atoms with Gasteiger partial charge in [0.1, 0.15) is 12.4 Å². The highest BCUT2D eigenvalue weighted by atomic mass is 16.6. The van der Waals surface area contributed by atoms with Crippen LogP contribution in [0.2, 0.25) is 0 Å². The third kappa shape index (κ3) is 3.45. The van der Waals surface area contributed by atoms with Crippen molar-refractivity contribution in [3.63, 3.8) is 0 Å². The maximum atomic E-state index is 12.0. The Bertz CT molecular complexity index is 724. The fraction of sp³-hybridized carbons (Fsp3) is 0.250. The summed E-state index contributed by atoms with van der Waals surface area (Å²) in [5.74, 6) is 2.05. The first-order valence-corrected chi connectivity index (χ1v) is 7.12. The molecule has 1 amide bonds. The summed E-state index contributed by atoms with van der Waals surface area (Å²) < 4.78 is 16.6. The van der Waals surface area contributed by atoms with Gasteiger partial charge in [-0.05, 0) is 18.2 Å². The van der Waals surface area contributed by atoms with Crippen molar-refractivity contribution in [3.8, 4) is 11.5 Å². The number of amides is 1. The van der Waals surface area contributed by atoms with E-state index in [1.165, 1.54) is 6.21 Å². The lowest BCUT2D eigenvalue weighted by molar-refractivity contribution is -0.130. The number of nitrogens with one attached hydrogen (secondary N) is 1. The summed E-state index contributed by atoms with van der Waals surface area (Å²) in [6, 6.07) is 10.8. The van der Waals surface area contributed by atoms with Crippen LogP contribution in [0.15, 0.2) is 45.9 Å². The van der Waals surface area contributed by atoms with E-state index in [2.05, 4.69) is 10.5 Å². The number of hydrogen-bond donors (Lipinski definition) is 1. The number of para-hydroxylation sites is 2. The molecule has 3 rings (SSSR count). The molecular weight excluding hydrogens is 298 g/mol. The minimum Gasteiger partial charge on any atom is -0.485 e. The maximum Gasteiger partial charge on any atom is 0.284 e. The molecular formula is C16H17N3O4. The highest BCUT2D eigenvalue weighted by Crippen LogP contribution is 2.30. The summed E-state index contributed by atoms with van der Waals surface area (Å²) >= 11 is 0. The van der Waals surface area contributed by atoms with Crippen molar-refractivity contribution in [2.24, 2.45) is 5.10 Å². The van der Waals surface area contributed by atoms with Gasteiger partial charge >= 0.3 is 0 Å². The SMILES string of the molecule is CN(C)c1ccc(/C=N\NC(=O)[C@@H]2COc3ccccc3O2)o1. The minimum absolute atomic E-state index is 0.143. The van der Waals surface area contributed by atoms with E-state index in [9.17, 15) is 4.79 Å². The van der Waals surface area contributed by atoms with Crippen LogP contribution in [0.4, 0.5) is 5.88 Å². The first-order chi connectivity index (χ1) is 11.1. The smallest absolute Gasteiger partial charge is 0.284 e. The molecule has 1 aromatic heterocycles. The molecule has 120 valence electrons. The molecule has 1 atom stereocenters. The zero-order chi connectivity index (χ0) is 16.2. The van der Waals surface area contributed by atoms with E-state index >= 15 is 0 Å². The van der Waals surface area contributed by atoms with Crippen LogP contribution in [0.3, 0.4) is 0 Å². The molecule has 0 saturated heterocycles. The van der Waals surface area contributed by atoms with Gasteiger partial charge in [0.15, 0.2) is 17.4 Å². The van der Waals surface area contributed by atoms with Crippen molar-refractivity contribution < 1.29 is 18.7 Å². The third-order valence-electron chi connectivity index (χ3n) is 3.22. The number of carbonyl (C=O) groups is 1. The number of anilines is 1. The zero-order valence-corrected chi connectivity index (χ0v) is 12.9. The summed E-state index contributed by atoms with van der Waals surface area (Å²) in [7, 11) is 3.75. The first kappa shape index (κ1) is 15.0. The molecule has 0 spiro atoms. The van der Waals surface area contributed by atoms with Crippen LogP contribution in [-0.4, -0.2) is 38.9 Å².